The van der Waals surface area contributed by atoms with Gasteiger partial charge in [-0.05, 0) is 6.92 Å². The van der Waals surface area contributed by atoms with Crippen LogP contribution in [0, 0.1) is 0 Å². The summed E-state index contributed by atoms with van der Waals surface area (Å²) in [4.78, 5) is 3.85. The molecule has 0 aliphatic carbocycles. The molecule has 1 aromatic rings. The van der Waals surface area contributed by atoms with Crippen molar-refractivity contribution in [2.45, 2.75) is 38.1 Å². The van der Waals surface area contributed by atoms with E-state index in [0.717, 1.165) is 11.3 Å². The van der Waals surface area contributed by atoms with E-state index >= 15 is 0 Å². The van der Waals surface area contributed by atoms with Gasteiger partial charge in [-0.25, -0.2) is 4.98 Å². The highest BCUT2D eigenvalue weighted by Gasteiger charge is 2.43. The molecule has 0 aromatic carbocycles. The molecule has 1 aromatic heterocycles. The Hall–Kier alpha value is -0.700. The minimum Gasteiger partial charge on any atom is -0.381 e. The van der Waals surface area contributed by atoms with Gasteiger partial charge in [-0.2, -0.15) is 13.2 Å². The molecule has 0 amide bonds. The molecule has 114 valence electrons. The minimum absolute atomic E-state index is 0.0538. The summed E-state index contributed by atoms with van der Waals surface area (Å²) in [6.07, 6.45) is -3.46. The highest BCUT2D eigenvalue weighted by molar-refractivity contribution is 7.11. The number of rotatable bonds is 4. The average Bonchev–Trinajstić information content (AvgIpc) is 2.85. The Morgan fingerprint density at radius 1 is 1.40 bits per heavy atom. The van der Waals surface area contributed by atoms with Crippen LogP contribution in [0.1, 0.15) is 35.3 Å². The molecular formula is C12H17F3N2O2S. The first-order chi connectivity index (χ1) is 9.43. The number of halogens is 3. The molecule has 2 N–H and O–H groups in total. The van der Waals surface area contributed by atoms with Gasteiger partial charge in [-0.1, -0.05) is 0 Å². The van der Waals surface area contributed by atoms with E-state index in [2.05, 4.69) is 4.98 Å². The molecule has 20 heavy (non-hydrogen) atoms. The molecule has 1 fully saturated rings. The molecule has 8 heteroatoms. The second kappa shape index (κ2) is 5.97. The number of hydrogen-bond donors (Lipinski definition) is 1. The molecule has 0 spiro atoms. The lowest BCUT2D eigenvalue weighted by Crippen LogP contribution is -2.36. The van der Waals surface area contributed by atoms with Crippen LogP contribution >= 0.6 is 11.3 Å². The molecule has 1 aliphatic heterocycles. The lowest BCUT2D eigenvalue weighted by atomic mass is 9.95. The van der Waals surface area contributed by atoms with Crippen LogP contribution in [0.15, 0.2) is 0 Å². The number of ether oxygens (including phenoxy) is 2. The van der Waals surface area contributed by atoms with Crippen LogP contribution in [0.5, 0.6) is 0 Å². The Labute approximate surface area is 119 Å². The van der Waals surface area contributed by atoms with Crippen molar-refractivity contribution in [2.75, 3.05) is 19.8 Å². The first-order valence-corrected chi connectivity index (χ1v) is 7.24. The monoisotopic (exact) mass is 310 g/mol. The molecule has 0 saturated carbocycles. The molecule has 2 rings (SSSR count). The summed E-state index contributed by atoms with van der Waals surface area (Å²) in [7, 11) is 0. The van der Waals surface area contributed by atoms with Crippen molar-refractivity contribution in [1.82, 2.24) is 4.98 Å². The van der Waals surface area contributed by atoms with E-state index in [4.69, 9.17) is 15.2 Å². The summed E-state index contributed by atoms with van der Waals surface area (Å²) in [6, 6.07) is 0. The van der Waals surface area contributed by atoms with E-state index in [0.29, 0.717) is 37.7 Å². The van der Waals surface area contributed by atoms with Crippen molar-refractivity contribution in [1.29, 1.82) is 0 Å². The van der Waals surface area contributed by atoms with Gasteiger partial charge in [0, 0.05) is 39.2 Å². The lowest BCUT2D eigenvalue weighted by molar-refractivity contribution is -0.142. The quantitative estimate of drug-likeness (QED) is 0.929. The summed E-state index contributed by atoms with van der Waals surface area (Å²) in [5.41, 5.74) is 3.76. The van der Waals surface area contributed by atoms with E-state index in [1.807, 2.05) is 6.92 Å². The zero-order chi connectivity index (χ0) is 14.8. The third-order valence-electron chi connectivity index (χ3n) is 3.26. The van der Waals surface area contributed by atoms with Crippen molar-refractivity contribution in [3.8, 4) is 0 Å². The summed E-state index contributed by atoms with van der Waals surface area (Å²) >= 11 is 0.995. The fourth-order valence-corrected chi connectivity index (χ4v) is 3.46. The molecule has 0 bridgehead atoms. The molecular weight excluding hydrogens is 293 g/mol. The van der Waals surface area contributed by atoms with Gasteiger partial charge in [-0.15, -0.1) is 11.3 Å². The van der Waals surface area contributed by atoms with Gasteiger partial charge in [0.15, 0.2) is 5.69 Å². The van der Waals surface area contributed by atoms with E-state index in [9.17, 15) is 13.2 Å². The molecule has 2 heterocycles. The van der Waals surface area contributed by atoms with Crippen LogP contribution in [0.4, 0.5) is 13.2 Å². The maximum Gasteiger partial charge on any atom is 0.434 e. The van der Waals surface area contributed by atoms with Gasteiger partial charge in [-0.3, -0.25) is 0 Å². The Bertz CT molecular complexity index is 451. The zero-order valence-electron chi connectivity index (χ0n) is 11.1. The predicted molar refractivity (Wildman–Crippen MR) is 68.4 cm³/mol. The van der Waals surface area contributed by atoms with Crippen LogP contribution in [-0.4, -0.2) is 24.8 Å². The van der Waals surface area contributed by atoms with E-state index in [1.54, 1.807) is 0 Å². The van der Waals surface area contributed by atoms with Gasteiger partial charge in [0.05, 0.1) is 4.88 Å². The summed E-state index contributed by atoms with van der Waals surface area (Å²) in [5.74, 6) is 0. The van der Waals surface area contributed by atoms with Gasteiger partial charge < -0.3 is 15.2 Å². The number of nitrogens with zero attached hydrogens (tertiary/aromatic N) is 1. The Morgan fingerprint density at radius 2 is 2.05 bits per heavy atom. The number of nitrogens with two attached hydrogens (primary N) is 1. The second-order valence-corrected chi connectivity index (χ2v) is 5.62. The van der Waals surface area contributed by atoms with Crippen molar-refractivity contribution >= 4 is 11.3 Å². The third kappa shape index (κ3) is 2.98. The van der Waals surface area contributed by atoms with Crippen LogP contribution in [0.3, 0.4) is 0 Å². The standard InChI is InChI=1S/C12H17F3N2O2S/c1-2-19-11(3-5-18-6-4-11)10-17-9(12(13,14)15)8(7-16)20-10/h2-7,16H2,1H3. The fourth-order valence-electron chi connectivity index (χ4n) is 2.30. The van der Waals surface area contributed by atoms with Gasteiger partial charge in [0.25, 0.3) is 0 Å². The zero-order valence-corrected chi connectivity index (χ0v) is 11.9. The number of aromatic nitrogens is 1. The van der Waals surface area contributed by atoms with Crippen molar-refractivity contribution < 1.29 is 22.6 Å². The Kier molecular flexibility index (Phi) is 4.68. The second-order valence-electron chi connectivity index (χ2n) is 4.53. The largest absolute Gasteiger partial charge is 0.434 e. The van der Waals surface area contributed by atoms with E-state index in [-0.39, 0.29) is 11.4 Å². The smallest absolute Gasteiger partial charge is 0.381 e. The maximum atomic E-state index is 12.9. The van der Waals surface area contributed by atoms with Gasteiger partial charge in [0.2, 0.25) is 0 Å². The number of thiazole rings is 1. The molecule has 0 unspecified atom stereocenters. The number of hydrogen-bond acceptors (Lipinski definition) is 5. The Balaban J connectivity index is 2.41. The van der Waals surface area contributed by atoms with Gasteiger partial charge >= 0.3 is 6.18 Å². The van der Waals surface area contributed by atoms with Crippen molar-refractivity contribution in [2.24, 2.45) is 5.73 Å². The highest BCUT2D eigenvalue weighted by atomic mass is 32.1. The summed E-state index contributed by atoms with van der Waals surface area (Å²) < 4.78 is 49.9. The highest BCUT2D eigenvalue weighted by Crippen LogP contribution is 2.42. The van der Waals surface area contributed by atoms with Crippen LogP contribution in [0.2, 0.25) is 0 Å². The lowest BCUT2D eigenvalue weighted by Gasteiger charge is -2.35. The topological polar surface area (TPSA) is 57.4 Å². The molecule has 0 atom stereocenters. The van der Waals surface area contributed by atoms with E-state index < -0.39 is 17.5 Å². The Morgan fingerprint density at radius 3 is 2.50 bits per heavy atom. The molecule has 0 radical (unpaired) electrons. The van der Waals surface area contributed by atoms with Crippen molar-refractivity contribution in [3.63, 3.8) is 0 Å². The first kappa shape index (κ1) is 15.7. The summed E-state index contributed by atoms with van der Waals surface area (Å²) in [6.45, 7) is 2.97. The SMILES string of the molecule is CCOC1(c2nc(C(F)(F)F)c(CN)s2)CCOCC1. The third-order valence-corrected chi connectivity index (χ3v) is 4.53. The van der Waals surface area contributed by atoms with E-state index in [1.165, 1.54) is 0 Å². The van der Waals surface area contributed by atoms with Crippen LogP contribution in [-0.2, 0) is 27.8 Å². The fraction of sp³-hybridized carbons (Fsp3) is 0.750. The number of alkyl halides is 3. The first-order valence-electron chi connectivity index (χ1n) is 6.42. The average molecular weight is 310 g/mol. The summed E-state index contributed by atoms with van der Waals surface area (Å²) in [5, 5.41) is 0.357. The maximum absolute atomic E-state index is 12.9. The molecule has 4 nitrogen and oxygen atoms in total. The predicted octanol–water partition coefficient (Wildman–Crippen LogP) is 2.66. The van der Waals surface area contributed by atoms with Crippen LogP contribution < -0.4 is 5.73 Å². The van der Waals surface area contributed by atoms with Crippen LogP contribution in [0.25, 0.3) is 0 Å². The van der Waals surface area contributed by atoms with Gasteiger partial charge in [0.1, 0.15) is 10.6 Å². The minimum atomic E-state index is -4.48. The molecule has 1 saturated heterocycles. The normalized spacial score (nSPS) is 19.2. The van der Waals surface area contributed by atoms with Crippen molar-refractivity contribution in [3.05, 3.63) is 15.6 Å². The molecule has 1 aliphatic rings.